The van der Waals surface area contributed by atoms with Gasteiger partial charge in [-0.2, -0.15) is 0 Å². The van der Waals surface area contributed by atoms with E-state index in [4.69, 9.17) is 10.5 Å². The molecule has 3 N–H and O–H groups in total. The second kappa shape index (κ2) is 7.25. The molecule has 3 heteroatoms. The summed E-state index contributed by atoms with van der Waals surface area (Å²) in [6, 6.07) is 15.6. The molecule has 0 amide bonds. The highest BCUT2D eigenvalue weighted by Gasteiger charge is 2.22. The van der Waals surface area contributed by atoms with E-state index in [1.807, 2.05) is 36.4 Å². The Balaban J connectivity index is 2.36. The molecule has 0 fully saturated rings. The second-order valence-corrected chi connectivity index (χ2v) is 5.23. The molecule has 21 heavy (non-hydrogen) atoms. The maximum Gasteiger partial charge on any atom is 0.139 e. The van der Waals surface area contributed by atoms with Gasteiger partial charge < -0.3 is 15.6 Å². The summed E-state index contributed by atoms with van der Waals surface area (Å²) >= 11 is 0. The second-order valence-electron chi connectivity index (χ2n) is 5.23. The summed E-state index contributed by atoms with van der Waals surface area (Å²) in [5, 5.41) is 9.44. The van der Waals surface area contributed by atoms with Crippen LogP contribution in [0.15, 0.2) is 48.5 Å². The molecule has 112 valence electrons. The first-order chi connectivity index (χ1) is 10.2. The summed E-state index contributed by atoms with van der Waals surface area (Å²) in [6.07, 6.45) is 0.601. The van der Waals surface area contributed by atoms with Crippen molar-refractivity contribution in [2.24, 2.45) is 5.73 Å². The van der Waals surface area contributed by atoms with E-state index in [2.05, 4.69) is 26.0 Å². The van der Waals surface area contributed by atoms with E-state index in [0.29, 0.717) is 5.75 Å². The van der Waals surface area contributed by atoms with Crippen molar-refractivity contribution in [3.05, 3.63) is 65.2 Å². The predicted octanol–water partition coefficient (Wildman–Crippen LogP) is 3.34. The fraction of sp³-hybridized carbons (Fsp3) is 0.333. The minimum atomic E-state index is -0.219. The lowest BCUT2D eigenvalue weighted by Crippen LogP contribution is -2.32. The molecule has 0 spiro atoms. The van der Waals surface area contributed by atoms with Gasteiger partial charge in [-0.1, -0.05) is 49.4 Å². The Bertz CT molecular complexity index is 583. The number of benzene rings is 2. The van der Waals surface area contributed by atoms with Crippen LogP contribution in [0, 0.1) is 6.92 Å². The molecular weight excluding hydrogens is 262 g/mol. The topological polar surface area (TPSA) is 55.5 Å². The Hall–Kier alpha value is -1.84. The Morgan fingerprint density at radius 3 is 2.43 bits per heavy atom. The lowest BCUT2D eigenvalue weighted by Gasteiger charge is -2.27. The number of hydrogen-bond donors (Lipinski definition) is 2. The average molecular weight is 285 g/mol. The molecule has 0 bridgehead atoms. The number of nitrogens with two attached hydrogens (primary N) is 1. The highest BCUT2D eigenvalue weighted by atomic mass is 16.5. The van der Waals surface area contributed by atoms with Gasteiger partial charge in [0.05, 0.1) is 6.61 Å². The predicted molar refractivity (Wildman–Crippen MR) is 85.2 cm³/mol. The van der Waals surface area contributed by atoms with Crippen LogP contribution in [0.2, 0.25) is 0 Å². The number of aliphatic hydroxyl groups excluding tert-OH is 1. The van der Waals surface area contributed by atoms with Crippen LogP contribution in [-0.4, -0.2) is 11.1 Å². The summed E-state index contributed by atoms with van der Waals surface area (Å²) in [4.78, 5) is 0. The molecule has 3 nitrogen and oxygen atoms in total. The van der Waals surface area contributed by atoms with Crippen LogP contribution < -0.4 is 10.5 Å². The van der Waals surface area contributed by atoms with Crippen molar-refractivity contribution in [2.45, 2.75) is 39.0 Å². The highest BCUT2D eigenvalue weighted by molar-refractivity contribution is 5.35. The normalized spacial score (nSPS) is 13.7. The lowest BCUT2D eigenvalue weighted by molar-refractivity contribution is 0.164. The first-order valence-corrected chi connectivity index (χ1v) is 7.34. The number of hydrogen-bond acceptors (Lipinski definition) is 3. The number of aryl methyl sites for hydroxylation is 1. The summed E-state index contributed by atoms with van der Waals surface area (Å²) in [6.45, 7) is 4.07. The smallest absolute Gasteiger partial charge is 0.139 e. The molecule has 2 aromatic carbocycles. The minimum absolute atomic E-state index is 0.0436. The van der Waals surface area contributed by atoms with E-state index in [9.17, 15) is 5.11 Å². The standard InChI is InChI=1S/C18H23NO2/c1-3-16(19)18(15-10-6-4-8-13(15)2)21-17-11-7-5-9-14(17)12-20/h4-11,16,18,20H,3,12,19H2,1-2H3. The molecular formula is C18H23NO2. The Labute approximate surface area is 126 Å². The summed E-state index contributed by atoms with van der Waals surface area (Å²) in [5.74, 6) is 0.692. The van der Waals surface area contributed by atoms with Gasteiger partial charge in [-0.15, -0.1) is 0 Å². The van der Waals surface area contributed by atoms with E-state index in [1.54, 1.807) is 0 Å². The van der Waals surface area contributed by atoms with E-state index >= 15 is 0 Å². The van der Waals surface area contributed by atoms with Gasteiger partial charge in [-0.05, 0) is 30.5 Å². The molecule has 0 aliphatic carbocycles. The van der Waals surface area contributed by atoms with Gasteiger partial charge in [0, 0.05) is 11.6 Å². The van der Waals surface area contributed by atoms with Crippen molar-refractivity contribution < 1.29 is 9.84 Å². The van der Waals surface area contributed by atoms with Crippen LogP contribution in [0.5, 0.6) is 5.75 Å². The molecule has 2 aromatic rings. The molecule has 0 heterocycles. The molecule has 2 unspecified atom stereocenters. The van der Waals surface area contributed by atoms with Crippen molar-refractivity contribution in [2.75, 3.05) is 0 Å². The van der Waals surface area contributed by atoms with E-state index in [0.717, 1.165) is 23.1 Å². The maximum absolute atomic E-state index is 9.44. The summed E-state index contributed by atoms with van der Waals surface area (Å²) in [5.41, 5.74) is 9.30. The van der Waals surface area contributed by atoms with Crippen molar-refractivity contribution in [1.82, 2.24) is 0 Å². The van der Waals surface area contributed by atoms with Gasteiger partial charge in [0.25, 0.3) is 0 Å². The quantitative estimate of drug-likeness (QED) is 0.856. The third-order valence-corrected chi connectivity index (χ3v) is 3.75. The van der Waals surface area contributed by atoms with Gasteiger partial charge >= 0.3 is 0 Å². The first-order valence-electron chi connectivity index (χ1n) is 7.34. The molecule has 0 aliphatic rings. The average Bonchev–Trinajstić information content (AvgIpc) is 2.53. The minimum Gasteiger partial charge on any atom is -0.484 e. The fourth-order valence-electron chi connectivity index (χ4n) is 2.39. The molecule has 0 radical (unpaired) electrons. The SMILES string of the molecule is CCC(N)C(Oc1ccccc1CO)c1ccccc1C. The van der Waals surface area contributed by atoms with E-state index in [1.165, 1.54) is 0 Å². The van der Waals surface area contributed by atoms with Crippen molar-refractivity contribution in [3.63, 3.8) is 0 Å². The number of ether oxygens (including phenoxy) is 1. The van der Waals surface area contributed by atoms with Crippen LogP contribution in [0.1, 0.15) is 36.1 Å². The number of rotatable bonds is 6. The molecule has 0 aromatic heterocycles. The van der Waals surface area contributed by atoms with Crippen molar-refractivity contribution in [3.8, 4) is 5.75 Å². The third kappa shape index (κ3) is 3.63. The van der Waals surface area contributed by atoms with E-state index in [-0.39, 0.29) is 18.8 Å². The van der Waals surface area contributed by atoms with E-state index < -0.39 is 0 Å². The van der Waals surface area contributed by atoms with Gasteiger partial charge in [-0.3, -0.25) is 0 Å². The van der Waals surface area contributed by atoms with Gasteiger partial charge in [0.2, 0.25) is 0 Å². The van der Waals surface area contributed by atoms with Crippen LogP contribution >= 0.6 is 0 Å². The zero-order valence-corrected chi connectivity index (χ0v) is 12.6. The van der Waals surface area contributed by atoms with Gasteiger partial charge in [0.15, 0.2) is 0 Å². The van der Waals surface area contributed by atoms with Crippen LogP contribution in [0.3, 0.4) is 0 Å². The number of aliphatic hydroxyl groups is 1. The van der Waals surface area contributed by atoms with Gasteiger partial charge in [0.1, 0.15) is 11.9 Å². The highest BCUT2D eigenvalue weighted by Crippen LogP contribution is 2.29. The van der Waals surface area contributed by atoms with Crippen LogP contribution in [0.25, 0.3) is 0 Å². The fourth-order valence-corrected chi connectivity index (χ4v) is 2.39. The van der Waals surface area contributed by atoms with Crippen molar-refractivity contribution >= 4 is 0 Å². The molecule has 0 saturated carbocycles. The first kappa shape index (κ1) is 15.5. The zero-order valence-electron chi connectivity index (χ0n) is 12.6. The van der Waals surface area contributed by atoms with Gasteiger partial charge in [-0.25, -0.2) is 0 Å². The third-order valence-electron chi connectivity index (χ3n) is 3.75. The van der Waals surface area contributed by atoms with Crippen LogP contribution in [0.4, 0.5) is 0 Å². The molecule has 2 rings (SSSR count). The van der Waals surface area contributed by atoms with Crippen LogP contribution in [-0.2, 0) is 6.61 Å². The lowest BCUT2D eigenvalue weighted by atomic mass is 9.96. The Morgan fingerprint density at radius 1 is 1.10 bits per heavy atom. The zero-order chi connectivity index (χ0) is 15.2. The molecule has 0 saturated heterocycles. The Morgan fingerprint density at radius 2 is 1.76 bits per heavy atom. The molecule has 0 aliphatic heterocycles. The molecule has 2 atom stereocenters. The number of para-hydroxylation sites is 1. The van der Waals surface area contributed by atoms with Crippen molar-refractivity contribution in [1.29, 1.82) is 0 Å². The monoisotopic (exact) mass is 285 g/mol. The Kier molecular flexibility index (Phi) is 5.37. The summed E-state index contributed by atoms with van der Waals surface area (Å²) < 4.78 is 6.17. The summed E-state index contributed by atoms with van der Waals surface area (Å²) in [7, 11) is 0. The largest absolute Gasteiger partial charge is 0.484 e. The maximum atomic E-state index is 9.44.